The maximum absolute atomic E-state index is 11.5. The van der Waals surface area contributed by atoms with Gasteiger partial charge in [-0.2, -0.15) is 0 Å². The first kappa shape index (κ1) is 14.0. The molecule has 1 aromatic carbocycles. The molecule has 5 heteroatoms. The van der Waals surface area contributed by atoms with Crippen molar-refractivity contribution in [2.24, 2.45) is 5.73 Å². The largest absolute Gasteiger partial charge is 0.436 e. The van der Waals surface area contributed by atoms with Crippen molar-refractivity contribution in [2.45, 2.75) is 32.4 Å². The molecule has 0 heterocycles. The van der Waals surface area contributed by atoms with E-state index in [1.165, 1.54) is 0 Å². The smallest absolute Gasteiger partial charge is 0.408 e. The van der Waals surface area contributed by atoms with Crippen LogP contribution in [0.15, 0.2) is 30.3 Å². The second kappa shape index (κ2) is 7.32. The van der Waals surface area contributed by atoms with Gasteiger partial charge in [0.25, 0.3) is 5.91 Å². The number of alkyl carbamates (subject to hydrolysis) is 1. The number of carbonyl (C=O) groups is 2. The number of rotatable bonds is 6. The fourth-order valence-electron chi connectivity index (χ4n) is 1.46. The van der Waals surface area contributed by atoms with E-state index in [1.54, 1.807) is 0 Å². The Morgan fingerprint density at radius 2 is 2.00 bits per heavy atom. The van der Waals surface area contributed by atoms with Crippen molar-refractivity contribution in [1.29, 1.82) is 0 Å². The Hall–Kier alpha value is -2.04. The molecule has 5 nitrogen and oxygen atoms in total. The zero-order valence-electron chi connectivity index (χ0n) is 10.4. The first-order chi connectivity index (χ1) is 8.63. The van der Waals surface area contributed by atoms with Crippen LogP contribution in [0, 0.1) is 0 Å². The number of hydrogen-bond donors (Lipinski definition) is 2. The van der Waals surface area contributed by atoms with Crippen LogP contribution in [-0.4, -0.2) is 18.1 Å². The fraction of sp³-hybridized carbons (Fsp3) is 0.385. The predicted molar refractivity (Wildman–Crippen MR) is 67.7 cm³/mol. The van der Waals surface area contributed by atoms with E-state index in [2.05, 4.69) is 5.32 Å². The molecule has 0 unspecified atom stereocenters. The quantitative estimate of drug-likeness (QED) is 0.804. The Bertz CT molecular complexity index is 392. The Morgan fingerprint density at radius 1 is 1.33 bits per heavy atom. The van der Waals surface area contributed by atoms with E-state index >= 15 is 0 Å². The van der Waals surface area contributed by atoms with Crippen LogP contribution in [-0.2, 0) is 16.1 Å². The van der Waals surface area contributed by atoms with Crippen LogP contribution in [0.1, 0.15) is 25.3 Å². The molecule has 1 rings (SSSR count). The molecule has 0 radical (unpaired) electrons. The van der Waals surface area contributed by atoms with Crippen LogP contribution < -0.4 is 11.1 Å². The zero-order valence-corrected chi connectivity index (χ0v) is 10.4. The van der Waals surface area contributed by atoms with Crippen molar-refractivity contribution >= 4 is 12.0 Å². The minimum atomic E-state index is -0.856. The highest BCUT2D eigenvalue weighted by atomic mass is 16.6. The number of amides is 2. The summed E-state index contributed by atoms with van der Waals surface area (Å²) in [5, 5.41) is 2.57. The van der Waals surface area contributed by atoms with Crippen LogP contribution in [0.25, 0.3) is 0 Å². The van der Waals surface area contributed by atoms with Gasteiger partial charge in [0.05, 0.1) is 0 Å². The van der Waals surface area contributed by atoms with Crippen molar-refractivity contribution in [3.05, 3.63) is 35.9 Å². The average Bonchev–Trinajstić information content (AvgIpc) is 2.37. The molecule has 0 spiro atoms. The normalized spacial score (nSPS) is 11.6. The summed E-state index contributed by atoms with van der Waals surface area (Å²) in [7, 11) is 0. The molecule has 0 aliphatic rings. The summed E-state index contributed by atoms with van der Waals surface area (Å²) in [5.74, 6) is -0.619. The second-order valence-corrected chi connectivity index (χ2v) is 3.92. The molecule has 0 aliphatic heterocycles. The molecule has 0 fully saturated rings. The Labute approximate surface area is 106 Å². The Morgan fingerprint density at radius 3 is 2.56 bits per heavy atom. The number of nitrogens with two attached hydrogens (primary N) is 1. The maximum atomic E-state index is 11.5. The monoisotopic (exact) mass is 250 g/mol. The maximum Gasteiger partial charge on any atom is 0.408 e. The van der Waals surface area contributed by atoms with Crippen LogP contribution >= 0.6 is 0 Å². The van der Waals surface area contributed by atoms with E-state index in [9.17, 15) is 9.59 Å². The van der Waals surface area contributed by atoms with Crippen molar-refractivity contribution in [1.82, 2.24) is 5.32 Å². The number of hydrogen-bond acceptors (Lipinski definition) is 3. The Balaban J connectivity index is 2.39. The van der Waals surface area contributed by atoms with Crippen molar-refractivity contribution in [2.75, 3.05) is 0 Å². The van der Waals surface area contributed by atoms with Crippen LogP contribution in [0.4, 0.5) is 4.79 Å². The van der Waals surface area contributed by atoms with E-state index in [4.69, 9.17) is 10.5 Å². The third-order valence-electron chi connectivity index (χ3n) is 2.40. The first-order valence-electron chi connectivity index (χ1n) is 5.91. The van der Waals surface area contributed by atoms with Crippen LogP contribution in [0.2, 0.25) is 0 Å². The molecule has 0 saturated heterocycles. The van der Waals surface area contributed by atoms with Gasteiger partial charge in [0.15, 0.2) is 6.10 Å². The van der Waals surface area contributed by atoms with E-state index in [-0.39, 0.29) is 0 Å². The van der Waals surface area contributed by atoms with E-state index in [1.807, 2.05) is 37.3 Å². The predicted octanol–water partition coefficient (Wildman–Crippen LogP) is 1.57. The molecule has 0 aliphatic carbocycles. The summed E-state index contributed by atoms with van der Waals surface area (Å²) in [4.78, 5) is 22.5. The summed E-state index contributed by atoms with van der Waals surface area (Å²) in [6.45, 7) is 2.25. The lowest BCUT2D eigenvalue weighted by atomic mass is 10.2. The Kier molecular flexibility index (Phi) is 5.70. The van der Waals surface area contributed by atoms with Crippen molar-refractivity contribution in [3.63, 3.8) is 0 Å². The number of benzene rings is 1. The summed E-state index contributed by atoms with van der Waals surface area (Å²) in [5.41, 5.74) is 6.09. The van der Waals surface area contributed by atoms with Gasteiger partial charge in [0, 0.05) is 6.54 Å². The summed E-state index contributed by atoms with van der Waals surface area (Å²) in [6.07, 6.45) is -0.324. The highest BCUT2D eigenvalue weighted by molar-refractivity contribution is 5.81. The molecular formula is C13H18N2O3. The van der Waals surface area contributed by atoms with Gasteiger partial charge in [0.2, 0.25) is 0 Å². The number of nitrogens with one attached hydrogen (secondary N) is 1. The SMILES string of the molecule is CCC[C@H](OC(=O)NCc1ccccc1)C(N)=O. The summed E-state index contributed by atoms with van der Waals surface area (Å²) < 4.78 is 4.95. The van der Waals surface area contributed by atoms with Gasteiger partial charge >= 0.3 is 6.09 Å². The van der Waals surface area contributed by atoms with E-state index < -0.39 is 18.1 Å². The minimum absolute atomic E-state index is 0.358. The van der Waals surface area contributed by atoms with Gasteiger partial charge in [-0.1, -0.05) is 43.7 Å². The first-order valence-corrected chi connectivity index (χ1v) is 5.91. The van der Waals surface area contributed by atoms with Gasteiger partial charge < -0.3 is 15.8 Å². The highest BCUT2D eigenvalue weighted by Crippen LogP contribution is 2.03. The lowest BCUT2D eigenvalue weighted by molar-refractivity contribution is -0.126. The van der Waals surface area contributed by atoms with Crippen molar-refractivity contribution in [3.8, 4) is 0 Å². The number of primary amides is 1. The molecule has 0 aromatic heterocycles. The lowest BCUT2D eigenvalue weighted by Gasteiger charge is -2.14. The van der Waals surface area contributed by atoms with Gasteiger partial charge in [-0.05, 0) is 12.0 Å². The summed E-state index contributed by atoms with van der Waals surface area (Å²) >= 11 is 0. The number of ether oxygens (including phenoxy) is 1. The molecule has 3 N–H and O–H groups in total. The molecule has 18 heavy (non-hydrogen) atoms. The van der Waals surface area contributed by atoms with Gasteiger partial charge in [0.1, 0.15) is 0 Å². The summed E-state index contributed by atoms with van der Waals surface area (Å²) in [6, 6.07) is 9.43. The molecular weight excluding hydrogens is 232 g/mol. The molecule has 98 valence electrons. The van der Waals surface area contributed by atoms with Crippen molar-refractivity contribution < 1.29 is 14.3 Å². The van der Waals surface area contributed by atoms with Gasteiger partial charge in [-0.15, -0.1) is 0 Å². The molecule has 0 bridgehead atoms. The molecule has 2 amide bonds. The molecule has 0 saturated carbocycles. The topological polar surface area (TPSA) is 81.4 Å². The van der Waals surface area contributed by atoms with E-state index in [0.717, 1.165) is 12.0 Å². The van der Waals surface area contributed by atoms with Gasteiger partial charge in [-0.25, -0.2) is 4.79 Å². The third kappa shape index (κ3) is 4.86. The fourth-order valence-corrected chi connectivity index (χ4v) is 1.46. The van der Waals surface area contributed by atoms with Gasteiger partial charge in [-0.3, -0.25) is 4.79 Å². The molecule has 1 aromatic rings. The molecule has 1 atom stereocenters. The van der Waals surface area contributed by atoms with Crippen LogP contribution in [0.5, 0.6) is 0 Å². The highest BCUT2D eigenvalue weighted by Gasteiger charge is 2.18. The number of carbonyl (C=O) groups excluding carboxylic acids is 2. The standard InChI is InChI=1S/C13H18N2O3/c1-2-6-11(12(14)16)18-13(17)15-9-10-7-4-3-5-8-10/h3-5,7-8,11H,2,6,9H2,1H3,(H2,14,16)(H,15,17)/t11-/m0/s1. The minimum Gasteiger partial charge on any atom is -0.436 e. The second-order valence-electron chi connectivity index (χ2n) is 3.92. The van der Waals surface area contributed by atoms with Crippen LogP contribution in [0.3, 0.4) is 0 Å². The lowest BCUT2D eigenvalue weighted by Crippen LogP contribution is -2.36. The third-order valence-corrected chi connectivity index (χ3v) is 2.40. The van der Waals surface area contributed by atoms with E-state index in [0.29, 0.717) is 13.0 Å². The average molecular weight is 250 g/mol. The zero-order chi connectivity index (χ0) is 13.4.